The van der Waals surface area contributed by atoms with E-state index < -0.39 is 37.3 Å². The van der Waals surface area contributed by atoms with Crippen molar-refractivity contribution in [3.63, 3.8) is 0 Å². The second kappa shape index (κ2) is 12.3. The number of aliphatic hydroxyl groups excluding tert-OH is 4. The standard InChI is InChI=1S/C35H58O6/c1-7-22(20(2)3)9-8-21(4)26-12-13-27-25-11-10-23-18-24(14-16-34(23,5)28(25)15-17-35(26,27)6)40-33-32(39)31(38)30(37)29(19-36)41-33/h8-10,20-22,24-33,36-39H,7,11-19H2,1-6H3/b9-8+/t21?,22?,24?,25?,26?,27?,28?,29-,30-,31+,32-,33-,34+,35?/m1/s1. The first-order chi connectivity index (χ1) is 19.4. The summed E-state index contributed by atoms with van der Waals surface area (Å²) >= 11 is 0. The van der Waals surface area contributed by atoms with E-state index in [4.69, 9.17) is 9.47 Å². The molecule has 5 rings (SSSR count). The van der Waals surface area contributed by atoms with E-state index in [9.17, 15) is 20.4 Å². The first-order valence-electron chi connectivity index (χ1n) is 16.8. The number of hydrogen-bond donors (Lipinski definition) is 4. The smallest absolute Gasteiger partial charge is 0.186 e. The summed E-state index contributed by atoms with van der Waals surface area (Å²) in [6, 6.07) is 0. The van der Waals surface area contributed by atoms with Crippen LogP contribution < -0.4 is 0 Å². The topological polar surface area (TPSA) is 99.4 Å². The third-order valence-electron chi connectivity index (χ3n) is 12.9. The van der Waals surface area contributed by atoms with E-state index in [2.05, 4.69) is 59.8 Å². The maximum Gasteiger partial charge on any atom is 0.186 e. The quantitative estimate of drug-likeness (QED) is 0.281. The molecule has 0 amide bonds. The highest BCUT2D eigenvalue weighted by Gasteiger charge is 2.59. The second-order valence-electron chi connectivity index (χ2n) is 15.2. The Balaban J connectivity index is 1.26. The van der Waals surface area contributed by atoms with E-state index in [1.165, 1.54) is 37.7 Å². The fraction of sp³-hybridized carbons (Fsp3) is 0.886. The first kappa shape index (κ1) is 31.7. The molecule has 1 heterocycles. The predicted octanol–water partition coefficient (Wildman–Crippen LogP) is 5.63. The zero-order chi connectivity index (χ0) is 29.7. The van der Waals surface area contributed by atoms with E-state index >= 15 is 0 Å². The van der Waals surface area contributed by atoms with Gasteiger partial charge in [0.05, 0.1) is 12.7 Å². The summed E-state index contributed by atoms with van der Waals surface area (Å²) in [5, 5.41) is 40.4. The van der Waals surface area contributed by atoms with Crippen molar-refractivity contribution >= 4 is 0 Å². The van der Waals surface area contributed by atoms with Crippen LogP contribution in [0, 0.1) is 52.3 Å². The Morgan fingerprint density at radius 3 is 2.41 bits per heavy atom. The number of hydrogen-bond acceptors (Lipinski definition) is 6. The highest BCUT2D eigenvalue weighted by molar-refractivity contribution is 5.25. The minimum Gasteiger partial charge on any atom is -0.394 e. The lowest BCUT2D eigenvalue weighted by Crippen LogP contribution is -2.60. The van der Waals surface area contributed by atoms with Crippen molar-refractivity contribution in [1.82, 2.24) is 0 Å². The zero-order valence-corrected chi connectivity index (χ0v) is 26.4. The van der Waals surface area contributed by atoms with E-state index in [1.807, 2.05) is 0 Å². The molecular weight excluding hydrogens is 516 g/mol. The Kier molecular flexibility index (Phi) is 9.51. The van der Waals surface area contributed by atoms with Gasteiger partial charge in [0.1, 0.15) is 24.4 Å². The zero-order valence-electron chi connectivity index (χ0n) is 26.4. The molecule has 0 spiro atoms. The third kappa shape index (κ3) is 5.64. The van der Waals surface area contributed by atoms with Crippen molar-refractivity contribution in [2.24, 2.45) is 52.3 Å². The average Bonchev–Trinajstić information content (AvgIpc) is 3.30. The molecule has 0 aromatic carbocycles. The van der Waals surface area contributed by atoms with Gasteiger partial charge in [0.25, 0.3) is 0 Å². The Morgan fingerprint density at radius 2 is 1.73 bits per heavy atom. The van der Waals surface area contributed by atoms with Gasteiger partial charge in [-0.2, -0.15) is 0 Å². The minimum atomic E-state index is -1.40. The monoisotopic (exact) mass is 574 g/mol. The molecule has 0 aromatic rings. The summed E-state index contributed by atoms with van der Waals surface area (Å²) in [5.74, 6) is 5.05. The molecule has 6 heteroatoms. The minimum absolute atomic E-state index is 0.109. The summed E-state index contributed by atoms with van der Waals surface area (Å²) in [6.07, 6.45) is 11.9. The van der Waals surface area contributed by atoms with Crippen LogP contribution in [0.4, 0.5) is 0 Å². The van der Waals surface area contributed by atoms with E-state index in [1.54, 1.807) is 0 Å². The van der Waals surface area contributed by atoms with Gasteiger partial charge < -0.3 is 29.9 Å². The summed E-state index contributed by atoms with van der Waals surface area (Å²) in [6.45, 7) is 14.2. The Bertz CT molecular complexity index is 960. The fourth-order valence-corrected chi connectivity index (χ4v) is 10.3. The van der Waals surface area contributed by atoms with Crippen LogP contribution in [0.25, 0.3) is 0 Å². The number of aliphatic hydroxyl groups is 4. The third-order valence-corrected chi connectivity index (χ3v) is 12.9. The Hall–Kier alpha value is -0.760. The maximum atomic E-state index is 10.5. The Morgan fingerprint density at radius 1 is 0.976 bits per heavy atom. The lowest BCUT2D eigenvalue weighted by atomic mass is 9.47. The predicted molar refractivity (Wildman–Crippen MR) is 161 cm³/mol. The molecule has 234 valence electrons. The van der Waals surface area contributed by atoms with Crippen molar-refractivity contribution in [3.05, 3.63) is 23.8 Å². The molecule has 0 radical (unpaired) electrons. The van der Waals surface area contributed by atoms with Gasteiger partial charge in [-0.05, 0) is 110 Å². The molecule has 1 aliphatic heterocycles. The van der Waals surface area contributed by atoms with Gasteiger partial charge in [0.2, 0.25) is 0 Å². The van der Waals surface area contributed by atoms with Gasteiger partial charge in [-0.15, -0.1) is 0 Å². The van der Waals surface area contributed by atoms with E-state index in [-0.39, 0.29) is 11.5 Å². The molecule has 4 N–H and O–H groups in total. The molecule has 6 nitrogen and oxygen atoms in total. The molecule has 4 fully saturated rings. The molecule has 8 unspecified atom stereocenters. The van der Waals surface area contributed by atoms with Crippen molar-refractivity contribution in [2.75, 3.05) is 6.61 Å². The molecule has 3 saturated carbocycles. The number of rotatable bonds is 8. The molecule has 4 aliphatic carbocycles. The highest BCUT2D eigenvalue weighted by Crippen LogP contribution is 2.67. The molecule has 1 saturated heterocycles. The summed E-state index contributed by atoms with van der Waals surface area (Å²) in [7, 11) is 0. The number of fused-ring (bicyclic) bond motifs is 5. The van der Waals surface area contributed by atoms with Gasteiger partial charge in [0, 0.05) is 0 Å². The van der Waals surface area contributed by atoms with Gasteiger partial charge in [-0.25, -0.2) is 0 Å². The van der Waals surface area contributed by atoms with Crippen molar-refractivity contribution in [3.8, 4) is 0 Å². The van der Waals surface area contributed by atoms with Gasteiger partial charge in [-0.3, -0.25) is 0 Å². The van der Waals surface area contributed by atoms with Crippen LogP contribution in [0.2, 0.25) is 0 Å². The second-order valence-corrected chi connectivity index (χ2v) is 15.2. The molecule has 0 bridgehead atoms. The molecule has 41 heavy (non-hydrogen) atoms. The molecule has 5 aliphatic rings. The van der Waals surface area contributed by atoms with Crippen LogP contribution in [-0.2, 0) is 9.47 Å². The van der Waals surface area contributed by atoms with Crippen molar-refractivity contribution in [1.29, 1.82) is 0 Å². The summed E-state index contributed by atoms with van der Waals surface area (Å²) < 4.78 is 11.9. The first-order valence-corrected chi connectivity index (χ1v) is 16.8. The lowest BCUT2D eigenvalue weighted by molar-refractivity contribution is -0.313. The molecular formula is C35H58O6. The van der Waals surface area contributed by atoms with Crippen LogP contribution in [0.15, 0.2) is 23.8 Å². The SMILES string of the molecule is CCC(/C=C/C(C)C1CCC2C3CC=C4CC(O[C@@H]5O[C@H](CO)[C@@H](O)[C@H](O)[C@H]5O)CC[C@]4(C)C3CCC12C)C(C)C. The summed E-state index contributed by atoms with van der Waals surface area (Å²) in [4.78, 5) is 0. The van der Waals surface area contributed by atoms with Crippen LogP contribution in [0.1, 0.15) is 99.3 Å². The van der Waals surface area contributed by atoms with E-state index in [0.717, 1.165) is 43.4 Å². The van der Waals surface area contributed by atoms with Crippen molar-refractivity contribution in [2.45, 2.75) is 136 Å². The van der Waals surface area contributed by atoms with Crippen LogP contribution >= 0.6 is 0 Å². The number of allylic oxidation sites excluding steroid dienone is 3. The van der Waals surface area contributed by atoms with Crippen LogP contribution in [-0.4, -0.2) is 63.8 Å². The van der Waals surface area contributed by atoms with Gasteiger partial charge in [0.15, 0.2) is 6.29 Å². The maximum absolute atomic E-state index is 10.5. The van der Waals surface area contributed by atoms with Crippen LogP contribution in [0.3, 0.4) is 0 Å². The van der Waals surface area contributed by atoms with Crippen molar-refractivity contribution < 1.29 is 29.9 Å². The lowest BCUT2D eigenvalue weighted by Gasteiger charge is -2.58. The molecule has 0 aromatic heterocycles. The summed E-state index contributed by atoms with van der Waals surface area (Å²) in [5.41, 5.74) is 2.11. The normalized spacial score (nSPS) is 47.9. The van der Waals surface area contributed by atoms with Gasteiger partial charge >= 0.3 is 0 Å². The highest BCUT2D eigenvalue weighted by atomic mass is 16.7. The molecule has 14 atom stereocenters. The Labute approximate surface area is 248 Å². The largest absolute Gasteiger partial charge is 0.394 e. The van der Waals surface area contributed by atoms with Crippen LogP contribution in [0.5, 0.6) is 0 Å². The van der Waals surface area contributed by atoms with E-state index in [0.29, 0.717) is 29.1 Å². The fourth-order valence-electron chi connectivity index (χ4n) is 10.3. The average molecular weight is 575 g/mol. The number of ether oxygens (including phenoxy) is 2. The van der Waals surface area contributed by atoms with Gasteiger partial charge in [-0.1, -0.05) is 65.3 Å².